The predicted octanol–water partition coefficient (Wildman–Crippen LogP) is 3.02. The maximum Gasteiger partial charge on any atom is 0.329 e. The van der Waals surface area contributed by atoms with Gasteiger partial charge in [0.2, 0.25) is 5.78 Å². The number of halogens is 1. The van der Waals surface area contributed by atoms with Crippen molar-refractivity contribution in [2.45, 2.75) is 64.5 Å². The molecule has 29 heavy (non-hydrogen) atoms. The number of fused-ring (bicyclic) bond motifs is 3. The summed E-state index contributed by atoms with van der Waals surface area (Å²) >= 11 is 3.46. The highest BCUT2D eigenvalue weighted by molar-refractivity contribution is 9.10. The summed E-state index contributed by atoms with van der Waals surface area (Å²) in [6, 6.07) is -0.584. The van der Waals surface area contributed by atoms with Crippen LogP contribution < -0.4 is 5.56 Å². The van der Waals surface area contributed by atoms with Crippen molar-refractivity contribution in [1.82, 2.24) is 19.2 Å². The minimum absolute atomic E-state index is 0.282. The monoisotopic (exact) mass is 464 g/mol. The molecular formula is C20H25BrN4O4. The third-order valence-corrected chi connectivity index (χ3v) is 5.94. The predicted molar refractivity (Wildman–Crippen MR) is 111 cm³/mol. The molecule has 0 saturated heterocycles. The fourth-order valence-electron chi connectivity index (χ4n) is 4.01. The van der Waals surface area contributed by atoms with Crippen molar-refractivity contribution >= 4 is 33.3 Å². The van der Waals surface area contributed by atoms with Crippen LogP contribution in [0, 0.1) is 0 Å². The van der Waals surface area contributed by atoms with Gasteiger partial charge in [0.15, 0.2) is 5.82 Å². The summed E-state index contributed by atoms with van der Waals surface area (Å²) in [5.41, 5.74) is 0.380. The Balaban J connectivity index is 1.94. The molecule has 2 aromatic heterocycles. The number of hydrogen-bond donors (Lipinski definition) is 0. The Kier molecular flexibility index (Phi) is 4.73. The van der Waals surface area contributed by atoms with Crippen LogP contribution in [0.2, 0.25) is 0 Å². The van der Waals surface area contributed by atoms with E-state index in [2.05, 4.69) is 26.0 Å². The van der Waals surface area contributed by atoms with Gasteiger partial charge in [0, 0.05) is 11.1 Å². The number of hydrogen-bond acceptors (Lipinski definition) is 6. The van der Waals surface area contributed by atoms with Gasteiger partial charge in [-0.3, -0.25) is 9.36 Å². The molecule has 0 aromatic carbocycles. The van der Waals surface area contributed by atoms with Gasteiger partial charge in [-0.2, -0.15) is 9.50 Å². The number of aromatic nitrogens is 4. The first kappa shape index (κ1) is 20.3. The van der Waals surface area contributed by atoms with Gasteiger partial charge in [-0.25, -0.2) is 4.79 Å². The summed E-state index contributed by atoms with van der Waals surface area (Å²) < 4.78 is 14.5. The van der Waals surface area contributed by atoms with E-state index in [-0.39, 0.29) is 11.5 Å². The Morgan fingerprint density at radius 3 is 2.72 bits per heavy atom. The van der Waals surface area contributed by atoms with E-state index in [0.717, 1.165) is 11.3 Å². The molecule has 9 heteroatoms. The zero-order valence-corrected chi connectivity index (χ0v) is 18.9. The minimum atomic E-state index is -0.609. The number of carbonyl (C=O) groups is 1. The average molecular weight is 465 g/mol. The summed E-state index contributed by atoms with van der Waals surface area (Å²) in [6.07, 6.45) is 3.12. The fourth-order valence-corrected chi connectivity index (χ4v) is 4.91. The van der Waals surface area contributed by atoms with Crippen molar-refractivity contribution < 1.29 is 14.3 Å². The Labute approximate surface area is 177 Å². The lowest BCUT2D eigenvalue weighted by molar-refractivity contribution is -0.159. The molecule has 0 radical (unpaired) electrons. The Hall–Kier alpha value is -2.00. The van der Waals surface area contributed by atoms with Crippen LogP contribution in [0.5, 0.6) is 0 Å². The first-order valence-electron chi connectivity index (χ1n) is 9.71. The van der Waals surface area contributed by atoms with E-state index >= 15 is 0 Å². The normalized spacial score (nSPS) is 21.2. The first-order valence-corrected chi connectivity index (χ1v) is 10.5. The highest BCUT2D eigenvalue weighted by atomic mass is 79.9. The van der Waals surface area contributed by atoms with Crippen LogP contribution in [0.25, 0.3) is 11.4 Å². The van der Waals surface area contributed by atoms with E-state index in [1.54, 1.807) is 0 Å². The lowest BCUT2D eigenvalue weighted by atomic mass is 9.86. The Morgan fingerprint density at radius 2 is 2.10 bits per heavy atom. The number of carbonyl (C=O) groups excluding carboxylic acids is 1. The Morgan fingerprint density at radius 1 is 1.38 bits per heavy atom. The molecule has 0 aliphatic carbocycles. The van der Waals surface area contributed by atoms with Crippen LogP contribution >= 0.6 is 15.9 Å². The van der Waals surface area contributed by atoms with E-state index in [9.17, 15) is 9.59 Å². The minimum Gasteiger partial charge on any atom is -0.458 e. The van der Waals surface area contributed by atoms with Gasteiger partial charge in [-0.15, -0.1) is 5.10 Å². The van der Waals surface area contributed by atoms with Crippen LogP contribution in [-0.2, 0) is 19.7 Å². The summed E-state index contributed by atoms with van der Waals surface area (Å²) in [5.74, 6) is 0.513. The van der Waals surface area contributed by atoms with Gasteiger partial charge in [0.05, 0.1) is 13.2 Å². The average Bonchev–Trinajstić information content (AvgIpc) is 3.18. The third kappa shape index (κ3) is 3.44. The van der Waals surface area contributed by atoms with Crippen LogP contribution in [-0.4, -0.2) is 43.9 Å². The molecule has 1 atom stereocenters. The van der Waals surface area contributed by atoms with E-state index in [4.69, 9.17) is 9.47 Å². The van der Waals surface area contributed by atoms with E-state index in [0.29, 0.717) is 42.1 Å². The Bertz CT molecular complexity index is 1090. The number of ether oxygens (including phenoxy) is 2. The molecule has 0 N–H and O–H groups in total. The molecule has 0 saturated carbocycles. The summed E-state index contributed by atoms with van der Waals surface area (Å²) in [6.45, 7) is 10.6. The fraction of sp³-hybridized carbons (Fsp3) is 0.600. The first-order chi connectivity index (χ1) is 13.5. The number of rotatable bonds is 2. The van der Waals surface area contributed by atoms with Crippen LogP contribution in [0.1, 0.15) is 65.0 Å². The second-order valence-corrected chi connectivity index (χ2v) is 9.97. The smallest absolute Gasteiger partial charge is 0.329 e. The highest BCUT2D eigenvalue weighted by Crippen LogP contribution is 2.45. The standard InChI is InChI=1S/C20H25BrN4O4/c1-19(2,3)29-17(27)12-10-20(4,5)14-13(21)16(26)25-18(24(12)14)22-15(23-25)11-6-8-28-9-7-11/h6,12H,7-10H2,1-5H3/t12-/m1/s1. The molecule has 0 spiro atoms. The van der Waals surface area contributed by atoms with Gasteiger partial charge >= 0.3 is 5.97 Å². The largest absolute Gasteiger partial charge is 0.458 e. The van der Waals surface area contributed by atoms with Gasteiger partial charge in [0.25, 0.3) is 5.56 Å². The molecule has 0 amide bonds. The van der Waals surface area contributed by atoms with E-state index in [1.807, 2.05) is 45.3 Å². The molecular weight excluding hydrogens is 440 g/mol. The maximum atomic E-state index is 13.0. The quantitative estimate of drug-likeness (QED) is 0.634. The maximum absolute atomic E-state index is 13.0. The molecule has 4 heterocycles. The summed E-state index contributed by atoms with van der Waals surface area (Å²) in [4.78, 5) is 30.7. The lowest BCUT2D eigenvalue weighted by Gasteiger charge is -2.23. The summed E-state index contributed by atoms with van der Waals surface area (Å²) in [5, 5.41) is 4.46. The lowest BCUT2D eigenvalue weighted by Crippen LogP contribution is -2.31. The molecule has 156 valence electrons. The molecule has 0 fully saturated rings. The van der Waals surface area contributed by atoms with Crippen molar-refractivity contribution in [1.29, 1.82) is 0 Å². The number of nitrogens with zero attached hydrogens (tertiary/aromatic N) is 4. The third-order valence-electron chi connectivity index (χ3n) is 5.22. The zero-order valence-electron chi connectivity index (χ0n) is 17.3. The summed E-state index contributed by atoms with van der Waals surface area (Å²) in [7, 11) is 0. The van der Waals surface area contributed by atoms with Crippen LogP contribution in [0.3, 0.4) is 0 Å². The van der Waals surface area contributed by atoms with Crippen molar-refractivity contribution in [3.63, 3.8) is 0 Å². The van der Waals surface area contributed by atoms with E-state index in [1.165, 1.54) is 4.52 Å². The van der Waals surface area contributed by atoms with Gasteiger partial charge in [0.1, 0.15) is 16.1 Å². The van der Waals surface area contributed by atoms with Gasteiger partial charge in [-0.05, 0) is 55.1 Å². The molecule has 0 bridgehead atoms. The van der Waals surface area contributed by atoms with Crippen LogP contribution in [0.15, 0.2) is 15.3 Å². The molecule has 4 rings (SSSR count). The van der Waals surface area contributed by atoms with Crippen LogP contribution in [0.4, 0.5) is 0 Å². The molecule has 2 aliphatic rings. The number of esters is 1. The zero-order chi connectivity index (χ0) is 21.1. The van der Waals surface area contributed by atoms with Crippen molar-refractivity contribution in [2.75, 3.05) is 13.2 Å². The highest BCUT2D eigenvalue weighted by Gasteiger charge is 2.45. The molecule has 0 unspecified atom stereocenters. The van der Waals surface area contributed by atoms with Gasteiger partial charge < -0.3 is 9.47 Å². The molecule has 8 nitrogen and oxygen atoms in total. The second-order valence-electron chi connectivity index (χ2n) is 9.18. The van der Waals surface area contributed by atoms with Gasteiger partial charge in [-0.1, -0.05) is 19.9 Å². The second kappa shape index (κ2) is 6.77. The SMILES string of the molecule is CC(C)(C)OC(=O)[C@H]1CC(C)(C)c2c(Br)c(=O)n3nc(C4=CCOCC4)nc3n21. The van der Waals surface area contributed by atoms with Crippen molar-refractivity contribution in [2.24, 2.45) is 0 Å². The van der Waals surface area contributed by atoms with E-state index < -0.39 is 17.1 Å². The molecule has 2 aromatic rings. The van der Waals surface area contributed by atoms with Crippen molar-refractivity contribution in [3.05, 3.63) is 32.4 Å². The molecule has 2 aliphatic heterocycles. The topological polar surface area (TPSA) is 87.7 Å². The van der Waals surface area contributed by atoms with Crippen molar-refractivity contribution in [3.8, 4) is 0 Å².